The van der Waals surface area contributed by atoms with Gasteiger partial charge in [0.05, 0.1) is 23.3 Å². The second kappa shape index (κ2) is 8.81. The molecule has 2 aliphatic heterocycles. The molecule has 0 radical (unpaired) electrons. The molecule has 2 aromatic heterocycles. The van der Waals surface area contributed by atoms with E-state index in [4.69, 9.17) is 0 Å². The van der Waals surface area contributed by atoms with Crippen molar-refractivity contribution in [1.82, 2.24) is 24.6 Å². The topological polar surface area (TPSA) is 78.8 Å². The van der Waals surface area contributed by atoms with E-state index in [1.165, 1.54) is 12.8 Å². The lowest BCUT2D eigenvalue weighted by molar-refractivity contribution is 0.147. The quantitative estimate of drug-likeness (QED) is 0.634. The molecule has 1 saturated heterocycles. The third-order valence-corrected chi connectivity index (χ3v) is 7.16. The predicted octanol–water partition coefficient (Wildman–Crippen LogP) is 2.88. The highest BCUT2D eigenvalue weighted by Crippen LogP contribution is 2.22. The predicted molar refractivity (Wildman–Crippen MR) is 122 cm³/mol. The molecule has 1 fully saturated rings. The van der Waals surface area contributed by atoms with E-state index in [1.54, 1.807) is 10.7 Å². The fourth-order valence-corrected chi connectivity index (χ4v) is 5.42. The van der Waals surface area contributed by atoms with Gasteiger partial charge in [0.1, 0.15) is 0 Å². The van der Waals surface area contributed by atoms with Crippen molar-refractivity contribution in [3.63, 3.8) is 0 Å². The lowest BCUT2D eigenvalue weighted by Gasteiger charge is -2.35. The molecule has 2 aliphatic rings. The van der Waals surface area contributed by atoms with E-state index < -0.39 is 0 Å². The van der Waals surface area contributed by atoms with E-state index in [2.05, 4.69) is 25.3 Å². The molecule has 7 nitrogen and oxygen atoms in total. The molecule has 158 valence electrons. The van der Waals surface area contributed by atoms with Crippen LogP contribution in [-0.4, -0.2) is 56.1 Å². The molecule has 30 heavy (non-hydrogen) atoms. The molecule has 3 aromatic rings. The number of imidazole rings is 1. The van der Waals surface area contributed by atoms with Crippen LogP contribution in [0.3, 0.4) is 0 Å². The number of benzene rings is 1. The summed E-state index contributed by atoms with van der Waals surface area (Å²) >= 11 is 1.88. The number of fused-ring (bicyclic) bond motifs is 2. The van der Waals surface area contributed by atoms with Crippen LogP contribution in [0.2, 0.25) is 0 Å². The van der Waals surface area contributed by atoms with Gasteiger partial charge in [-0.15, -0.1) is 0 Å². The van der Waals surface area contributed by atoms with E-state index in [-0.39, 0.29) is 5.56 Å². The average Bonchev–Trinajstić information content (AvgIpc) is 3.20. The number of nitrogens with one attached hydrogen (secondary N) is 2. The number of nitrogens with zero attached hydrogens (tertiary/aromatic N) is 4. The van der Waals surface area contributed by atoms with Crippen molar-refractivity contribution in [2.75, 3.05) is 30.7 Å². The van der Waals surface area contributed by atoms with Crippen LogP contribution in [0, 0.1) is 0 Å². The number of aromatic nitrogens is 4. The minimum Gasteiger partial charge on any atom is -0.354 e. The highest BCUT2D eigenvalue weighted by molar-refractivity contribution is 7.98. The third kappa shape index (κ3) is 4.25. The summed E-state index contributed by atoms with van der Waals surface area (Å²) in [6.45, 7) is 3.43. The monoisotopic (exact) mass is 424 g/mol. The van der Waals surface area contributed by atoms with E-state index in [0.717, 1.165) is 72.2 Å². The van der Waals surface area contributed by atoms with Crippen LogP contribution in [0.5, 0.6) is 0 Å². The Balaban J connectivity index is 1.22. The first-order valence-electron chi connectivity index (χ1n) is 10.9. The Bertz CT molecular complexity index is 1040. The molecule has 2 N–H and O–H groups in total. The van der Waals surface area contributed by atoms with Gasteiger partial charge in [0.25, 0.3) is 5.56 Å². The van der Waals surface area contributed by atoms with Crippen LogP contribution < -0.4 is 10.9 Å². The van der Waals surface area contributed by atoms with Crippen molar-refractivity contribution in [2.45, 2.75) is 44.0 Å². The minimum atomic E-state index is 0.0326. The molecule has 0 saturated carbocycles. The third-order valence-electron chi connectivity index (χ3n) is 6.15. The zero-order chi connectivity index (χ0) is 20.3. The van der Waals surface area contributed by atoms with Crippen LogP contribution >= 0.6 is 11.8 Å². The van der Waals surface area contributed by atoms with Crippen molar-refractivity contribution >= 4 is 28.7 Å². The van der Waals surface area contributed by atoms with Crippen molar-refractivity contribution in [1.29, 1.82) is 0 Å². The number of thioether (sulfide) groups is 1. The van der Waals surface area contributed by atoms with Crippen molar-refractivity contribution in [3.8, 4) is 0 Å². The number of hydrogen-bond donors (Lipinski definition) is 2. The van der Waals surface area contributed by atoms with Gasteiger partial charge < -0.3 is 10.3 Å². The maximum atomic E-state index is 12.5. The van der Waals surface area contributed by atoms with Gasteiger partial charge in [0, 0.05) is 37.4 Å². The maximum Gasteiger partial charge on any atom is 0.267 e. The average molecular weight is 425 g/mol. The summed E-state index contributed by atoms with van der Waals surface area (Å²) in [5, 5.41) is 8.16. The summed E-state index contributed by atoms with van der Waals surface area (Å²) in [4.78, 5) is 23.0. The number of rotatable bonds is 6. The molecular formula is C22H28N6OS. The highest BCUT2D eigenvalue weighted by Gasteiger charge is 2.23. The summed E-state index contributed by atoms with van der Waals surface area (Å²) in [5.74, 6) is 2.84. The second-order valence-electron chi connectivity index (χ2n) is 8.15. The summed E-state index contributed by atoms with van der Waals surface area (Å²) < 4.78 is 1.67. The zero-order valence-electron chi connectivity index (χ0n) is 17.1. The van der Waals surface area contributed by atoms with Gasteiger partial charge in [-0.1, -0.05) is 18.6 Å². The molecular weight excluding hydrogens is 396 g/mol. The smallest absolute Gasteiger partial charge is 0.267 e. The molecule has 8 heteroatoms. The molecule has 0 bridgehead atoms. The zero-order valence-corrected chi connectivity index (χ0v) is 18.0. The number of H-pyrrole nitrogens is 1. The Morgan fingerprint density at radius 1 is 1.23 bits per heavy atom. The normalized spacial score (nSPS) is 19.7. The van der Waals surface area contributed by atoms with Gasteiger partial charge in [-0.2, -0.15) is 16.9 Å². The van der Waals surface area contributed by atoms with Crippen LogP contribution in [0.15, 0.2) is 35.1 Å². The molecule has 0 spiro atoms. The molecule has 0 amide bonds. The molecule has 4 heterocycles. The van der Waals surface area contributed by atoms with Crippen molar-refractivity contribution < 1.29 is 0 Å². The minimum absolute atomic E-state index is 0.0326. The van der Waals surface area contributed by atoms with Gasteiger partial charge >= 0.3 is 0 Å². The lowest BCUT2D eigenvalue weighted by atomic mass is 10.0. The van der Waals surface area contributed by atoms with Gasteiger partial charge in [-0.3, -0.25) is 9.69 Å². The Hall–Kier alpha value is -2.32. The molecule has 1 aromatic carbocycles. The number of anilines is 1. The first-order chi connectivity index (χ1) is 14.8. The van der Waals surface area contributed by atoms with E-state index in [0.29, 0.717) is 12.6 Å². The van der Waals surface area contributed by atoms with Crippen molar-refractivity contribution in [2.24, 2.45) is 0 Å². The fourth-order valence-electron chi connectivity index (χ4n) is 4.47. The van der Waals surface area contributed by atoms with Crippen LogP contribution in [-0.2, 0) is 18.7 Å². The maximum absolute atomic E-state index is 12.5. The van der Waals surface area contributed by atoms with Crippen molar-refractivity contribution in [3.05, 3.63) is 51.9 Å². The first kappa shape index (κ1) is 19.6. The summed E-state index contributed by atoms with van der Waals surface area (Å²) in [5.41, 5.74) is 4.30. The van der Waals surface area contributed by atoms with Crippen LogP contribution in [0.25, 0.3) is 11.0 Å². The molecule has 1 unspecified atom stereocenters. The van der Waals surface area contributed by atoms with Gasteiger partial charge in [-0.25, -0.2) is 9.67 Å². The summed E-state index contributed by atoms with van der Waals surface area (Å²) in [7, 11) is 0. The SMILES string of the molecule is O=c1cc2c(nn1CCN1CCCCC1CNc1nc3ccccc3[nH]1)CCSC2. The number of piperidine rings is 1. The van der Waals surface area contributed by atoms with Gasteiger partial charge in [-0.05, 0) is 42.8 Å². The number of hydrogen-bond acceptors (Lipinski definition) is 6. The molecule has 5 rings (SSSR count). The van der Waals surface area contributed by atoms with E-state index >= 15 is 0 Å². The fraction of sp³-hybridized carbons (Fsp3) is 0.500. The molecule has 1 atom stereocenters. The van der Waals surface area contributed by atoms with E-state index in [1.807, 2.05) is 36.0 Å². The number of para-hydroxylation sites is 2. The second-order valence-corrected chi connectivity index (χ2v) is 9.25. The number of aryl methyl sites for hydroxylation is 1. The Labute approximate surface area is 180 Å². The summed E-state index contributed by atoms with van der Waals surface area (Å²) in [6.07, 6.45) is 4.59. The van der Waals surface area contributed by atoms with Gasteiger partial charge in [0.15, 0.2) is 0 Å². The Kier molecular flexibility index (Phi) is 5.77. The van der Waals surface area contributed by atoms with Gasteiger partial charge in [0.2, 0.25) is 5.95 Å². The number of aromatic amines is 1. The van der Waals surface area contributed by atoms with E-state index in [9.17, 15) is 4.79 Å². The Morgan fingerprint density at radius 2 is 2.17 bits per heavy atom. The first-order valence-corrected chi connectivity index (χ1v) is 12.0. The summed E-state index contributed by atoms with van der Waals surface area (Å²) in [6, 6.07) is 10.3. The lowest BCUT2D eigenvalue weighted by Crippen LogP contribution is -2.45. The number of likely N-dealkylation sites (tertiary alicyclic amines) is 1. The largest absolute Gasteiger partial charge is 0.354 e. The Morgan fingerprint density at radius 3 is 3.10 bits per heavy atom. The standard InChI is InChI=1S/C22H28N6OS/c29-21-13-16-15-30-12-8-18(16)26-28(21)11-10-27-9-4-3-5-17(27)14-23-22-24-19-6-1-2-7-20(19)25-22/h1-2,6-7,13,17H,3-5,8-12,14-15H2,(H2,23,24,25). The highest BCUT2D eigenvalue weighted by atomic mass is 32.2. The van der Waals surface area contributed by atoms with Crippen LogP contribution in [0.4, 0.5) is 5.95 Å². The molecule has 0 aliphatic carbocycles. The van der Waals surface area contributed by atoms with Crippen LogP contribution in [0.1, 0.15) is 30.5 Å².